The fraction of sp³-hybridized carbons (Fsp3) is 0.500. The van der Waals surface area contributed by atoms with Gasteiger partial charge in [-0.1, -0.05) is 29.8 Å². The van der Waals surface area contributed by atoms with Gasteiger partial charge in [0.1, 0.15) is 0 Å². The average molecular weight is 341 g/mol. The Bertz CT molecular complexity index is 708. The molecule has 0 bridgehead atoms. The van der Waals surface area contributed by atoms with Crippen molar-refractivity contribution in [3.8, 4) is 0 Å². The summed E-state index contributed by atoms with van der Waals surface area (Å²) in [6.45, 7) is 6.10. The van der Waals surface area contributed by atoms with Gasteiger partial charge in [-0.05, 0) is 32.3 Å². The Morgan fingerprint density at radius 1 is 1.36 bits per heavy atom. The van der Waals surface area contributed by atoms with Crippen molar-refractivity contribution in [1.29, 1.82) is 0 Å². The summed E-state index contributed by atoms with van der Waals surface area (Å²) in [5.41, 5.74) is 3.37. The lowest BCUT2D eigenvalue weighted by atomic mass is 9.88. The molecule has 1 aromatic heterocycles. The van der Waals surface area contributed by atoms with Gasteiger partial charge in [0.05, 0.1) is 18.2 Å². The number of rotatable bonds is 5. The van der Waals surface area contributed by atoms with Crippen molar-refractivity contribution in [1.82, 2.24) is 14.7 Å². The molecule has 25 heavy (non-hydrogen) atoms. The largest absolute Gasteiger partial charge is 0.373 e. The van der Waals surface area contributed by atoms with Gasteiger partial charge < -0.3 is 9.64 Å². The molecule has 2 aromatic rings. The molecule has 2 atom stereocenters. The summed E-state index contributed by atoms with van der Waals surface area (Å²) in [5.74, 6) is 0.0599. The highest BCUT2D eigenvalue weighted by molar-refractivity contribution is 5.79. The maximum Gasteiger partial charge on any atom is 0.228 e. The maximum absolute atomic E-state index is 13.2. The number of aryl methyl sites for hydroxylation is 2. The molecule has 1 saturated heterocycles. The smallest absolute Gasteiger partial charge is 0.228 e. The van der Waals surface area contributed by atoms with E-state index in [1.165, 1.54) is 5.56 Å². The van der Waals surface area contributed by atoms with Crippen molar-refractivity contribution in [3.05, 3.63) is 53.3 Å². The molecule has 5 nitrogen and oxygen atoms in total. The van der Waals surface area contributed by atoms with Crippen LogP contribution < -0.4 is 0 Å². The van der Waals surface area contributed by atoms with Gasteiger partial charge in [0.2, 0.25) is 5.91 Å². The average Bonchev–Trinajstić information content (AvgIpc) is 3.05. The van der Waals surface area contributed by atoms with E-state index in [-0.39, 0.29) is 17.9 Å². The lowest BCUT2D eigenvalue weighted by Crippen LogP contribution is -2.40. The van der Waals surface area contributed by atoms with Crippen LogP contribution in [0, 0.1) is 12.8 Å². The minimum atomic E-state index is -0.148. The van der Waals surface area contributed by atoms with Crippen LogP contribution in [0.3, 0.4) is 0 Å². The normalized spacial score (nSPS) is 20.4. The van der Waals surface area contributed by atoms with E-state index >= 15 is 0 Å². The topological polar surface area (TPSA) is 47.4 Å². The van der Waals surface area contributed by atoms with Crippen molar-refractivity contribution >= 4 is 5.91 Å². The van der Waals surface area contributed by atoms with Crippen LogP contribution in [0.2, 0.25) is 0 Å². The Hall–Kier alpha value is -2.14. The van der Waals surface area contributed by atoms with Gasteiger partial charge in [-0.2, -0.15) is 5.10 Å². The molecule has 5 heteroatoms. The van der Waals surface area contributed by atoms with Crippen LogP contribution in [-0.4, -0.2) is 33.7 Å². The van der Waals surface area contributed by atoms with E-state index < -0.39 is 0 Å². The fourth-order valence-corrected chi connectivity index (χ4v) is 3.47. The van der Waals surface area contributed by atoms with Crippen LogP contribution in [0.5, 0.6) is 0 Å². The van der Waals surface area contributed by atoms with Gasteiger partial charge in [0, 0.05) is 38.5 Å². The summed E-state index contributed by atoms with van der Waals surface area (Å²) >= 11 is 0. The number of amides is 1. The first kappa shape index (κ1) is 17.7. The van der Waals surface area contributed by atoms with Gasteiger partial charge in [-0.15, -0.1) is 0 Å². The molecule has 1 amide bonds. The minimum absolute atomic E-state index is 0.118. The second-order valence-electron chi connectivity index (χ2n) is 6.83. The molecule has 0 spiro atoms. The zero-order chi connectivity index (χ0) is 17.8. The molecule has 0 saturated carbocycles. The number of nitrogens with zero attached hydrogens (tertiary/aromatic N) is 3. The molecule has 0 N–H and O–H groups in total. The molecule has 1 aliphatic heterocycles. The third-order valence-corrected chi connectivity index (χ3v) is 4.87. The number of carbonyl (C=O) groups excluding carboxylic acids is 1. The molecule has 0 unspecified atom stereocenters. The SMILES string of the molecule is CCN(Cc1cnn(C)c1)C(=O)[C@@H]1CCCO[C@@H]1c1ccc(C)cc1. The Morgan fingerprint density at radius 3 is 2.76 bits per heavy atom. The lowest BCUT2D eigenvalue weighted by molar-refractivity contribution is -0.146. The first-order valence-corrected chi connectivity index (χ1v) is 9.03. The predicted octanol–water partition coefficient (Wildman–Crippen LogP) is 3.24. The van der Waals surface area contributed by atoms with Crippen molar-refractivity contribution in [2.45, 2.75) is 39.3 Å². The van der Waals surface area contributed by atoms with Crippen LogP contribution in [0.4, 0.5) is 0 Å². The van der Waals surface area contributed by atoms with E-state index in [9.17, 15) is 4.79 Å². The molecule has 1 aromatic carbocycles. The first-order chi connectivity index (χ1) is 12.1. The zero-order valence-electron chi connectivity index (χ0n) is 15.3. The summed E-state index contributed by atoms with van der Waals surface area (Å²) < 4.78 is 7.79. The van der Waals surface area contributed by atoms with E-state index in [2.05, 4.69) is 36.3 Å². The van der Waals surface area contributed by atoms with Crippen molar-refractivity contribution in [2.75, 3.05) is 13.2 Å². The minimum Gasteiger partial charge on any atom is -0.373 e. The van der Waals surface area contributed by atoms with Gasteiger partial charge in [-0.25, -0.2) is 0 Å². The molecule has 0 radical (unpaired) electrons. The number of carbonyl (C=O) groups is 1. The van der Waals surface area contributed by atoms with Crippen molar-refractivity contribution in [2.24, 2.45) is 13.0 Å². The zero-order valence-corrected chi connectivity index (χ0v) is 15.3. The van der Waals surface area contributed by atoms with Crippen LogP contribution in [0.25, 0.3) is 0 Å². The Kier molecular flexibility index (Phi) is 5.53. The summed E-state index contributed by atoms with van der Waals surface area (Å²) in [4.78, 5) is 15.1. The molecule has 1 aliphatic rings. The predicted molar refractivity (Wildman–Crippen MR) is 96.9 cm³/mol. The van der Waals surface area contributed by atoms with E-state index in [4.69, 9.17) is 4.74 Å². The van der Waals surface area contributed by atoms with E-state index in [0.717, 1.165) is 30.6 Å². The molecule has 1 fully saturated rings. The number of hydrogen-bond donors (Lipinski definition) is 0. The maximum atomic E-state index is 13.2. The number of ether oxygens (including phenoxy) is 1. The van der Waals surface area contributed by atoms with Crippen molar-refractivity contribution in [3.63, 3.8) is 0 Å². The first-order valence-electron chi connectivity index (χ1n) is 9.03. The summed E-state index contributed by atoms with van der Waals surface area (Å²) in [6.07, 6.45) is 5.45. The molecule has 0 aliphatic carbocycles. The molecule has 2 heterocycles. The van der Waals surface area contributed by atoms with Gasteiger partial charge >= 0.3 is 0 Å². The van der Waals surface area contributed by atoms with Crippen molar-refractivity contribution < 1.29 is 9.53 Å². The highest BCUT2D eigenvalue weighted by Gasteiger charge is 2.35. The second-order valence-corrected chi connectivity index (χ2v) is 6.83. The Balaban J connectivity index is 1.77. The molecular weight excluding hydrogens is 314 g/mol. The summed E-state index contributed by atoms with van der Waals surface area (Å²) in [7, 11) is 1.89. The van der Waals surface area contributed by atoms with Crippen LogP contribution >= 0.6 is 0 Å². The third kappa shape index (κ3) is 4.10. The highest BCUT2D eigenvalue weighted by Crippen LogP contribution is 2.35. The number of hydrogen-bond acceptors (Lipinski definition) is 3. The molecular formula is C20H27N3O2. The second kappa shape index (κ2) is 7.83. The van der Waals surface area contributed by atoms with Crippen LogP contribution in [0.15, 0.2) is 36.7 Å². The molecule has 134 valence electrons. The monoisotopic (exact) mass is 341 g/mol. The van der Waals surface area contributed by atoms with E-state index in [1.807, 2.05) is 31.3 Å². The Labute approximate surface area is 149 Å². The summed E-state index contributed by atoms with van der Waals surface area (Å²) in [6, 6.07) is 8.34. The van der Waals surface area contributed by atoms with Gasteiger partial charge in [0.15, 0.2) is 0 Å². The number of benzene rings is 1. The third-order valence-electron chi connectivity index (χ3n) is 4.87. The van der Waals surface area contributed by atoms with Gasteiger partial charge in [-0.3, -0.25) is 9.48 Å². The van der Waals surface area contributed by atoms with Crippen LogP contribution in [0.1, 0.15) is 42.6 Å². The van der Waals surface area contributed by atoms with E-state index in [1.54, 1.807) is 4.68 Å². The van der Waals surface area contributed by atoms with Gasteiger partial charge in [0.25, 0.3) is 0 Å². The standard InChI is InChI=1S/C20H27N3O2/c1-4-23(14-16-12-21-22(3)13-16)20(24)18-6-5-11-25-19(18)17-9-7-15(2)8-10-17/h7-10,12-13,18-19H,4-6,11,14H2,1-3H3/t18-,19-/m1/s1. The summed E-state index contributed by atoms with van der Waals surface area (Å²) in [5, 5.41) is 4.20. The molecule has 3 rings (SSSR count). The van der Waals surface area contributed by atoms with Crippen LogP contribution in [-0.2, 0) is 23.1 Å². The highest BCUT2D eigenvalue weighted by atomic mass is 16.5. The lowest BCUT2D eigenvalue weighted by Gasteiger charge is -2.34. The quantitative estimate of drug-likeness (QED) is 0.839. The number of aromatic nitrogens is 2. The Morgan fingerprint density at radius 2 is 2.12 bits per heavy atom. The fourth-order valence-electron chi connectivity index (χ4n) is 3.47. The van der Waals surface area contributed by atoms with E-state index in [0.29, 0.717) is 13.1 Å².